The molecule has 4 aromatic rings. The molecule has 5 heterocycles. The quantitative estimate of drug-likeness (QED) is 0.0127. The summed E-state index contributed by atoms with van der Waals surface area (Å²) in [5, 5.41) is 27.7. The third-order valence-corrected chi connectivity index (χ3v) is 21.0. The molecule has 0 spiro atoms. The molecule has 3 aliphatic heterocycles. The average Bonchev–Trinajstić information content (AvgIpc) is 1.51. The van der Waals surface area contributed by atoms with Gasteiger partial charge in [-0.05, 0) is 111 Å². The number of aliphatic hydroxyl groups is 1. The smallest absolute Gasteiger partial charge is 0.343 e. The number of Topliss-reactive ketones (excluding diaryl/α,β-unsaturated/α-hetero) is 1. The molecule has 1 unspecified atom stereocenters. The highest BCUT2D eigenvalue weighted by molar-refractivity contribution is 6.03. The Balaban J connectivity index is 0.512. The first-order valence-corrected chi connectivity index (χ1v) is 38.9. The van der Waals surface area contributed by atoms with E-state index in [0.29, 0.717) is 158 Å². The molecule has 0 radical (unpaired) electrons. The van der Waals surface area contributed by atoms with Gasteiger partial charge in [-0.15, -0.1) is 0 Å². The normalized spacial score (nSPS) is 19.5. The van der Waals surface area contributed by atoms with E-state index in [-0.39, 0.29) is 130 Å². The number of esters is 1. The molecule has 6 aliphatic rings. The van der Waals surface area contributed by atoms with Crippen molar-refractivity contribution >= 4 is 69.9 Å². The highest BCUT2D eigenvalue weighted by Crippen LogP contribution is 2.48. The van der Waals surface area contributed by atoms with Crippen molar-refractivity contribution in [2.45, 2.75) is 135 Å². The lowest BCUT2D eigenvalue weighted by molar-refractivity contribution is -0.172. The van der Waals surface area contributed by atoms with E-state index in [0.717, 1.165) is 55.0 Å². The van der Waals surface area contributed by atoms with Crippen LogP contribution >= 0.6 is 0 Å². The van der Waals surface area contributed by atoms with Crippen molar-refractivity contribution in [2.24, 2.45) is 23.7 Å². The number of nitrogens with zero attached hydrogens (tertiary/aromatic N) is 3. The molecule has 3 fully saturated rings. The first-order chi connectivity index (χ1) is 54.2. The lowest BCUT2D eigenvalue weighted by Crippen LogP contribution is -2.52. The second-order valence-electron chi connectivity index (χ2n) is 28.9. The second-order valence-corrected chi connectivity index (χ2v) is 28.9. The highest BCUT2D eigenvalue weighted by atomic mass is 19.1. The third kappa shape index (κ3) is 24.0. The molecule has 2 aromatic heterocycles. The number of benzene rings is 2. The van der Waals surface area contributed by atoms with Gasteiger partial charge in [0.15, 0.2) is 11.4 Å². The largest absolute Gasteiger partial charge is 0.458 e. The maximum absolute atomic E-state index is 15.6. The SMILES string of the molecule is CC[C@@]1(O)C(=O)OCc2c1cc1n(c2=O)Cc2c-1nc1cc(F)c(C)c3c1c2[C@@H](CC(=O)[C@@H](OCNC(=O)CNC(=O)[C@H](Cc1ccccc1)NC(=O)CNC(=O)CNC(=O)COCCOCCOCCOCCOCCOCCOCCOCCOCCNC(=O)C1CCC(CN2C(=O)CC(C)C2=O)CC1)C1CC1)CC3. The van der Waals surface area contributed by atoms with Crippen molar-refractivity contribution in [2.75, 3.05) is 158 Å². The van der Waals surface area contributed by atoms with Crippen molar-refractivity contribution in [3.63, 3.8) is 0 Å². The number of hydrogen-bond acceptors (Lipinski definition) is 24. The van der Waals surface area contributed by atoms with E-state index in [4.69, 9.17) is 57.1 Å². The minimum atomic E-state index is -2.05. The molecule has 33 heteroatoms. The molecular weight excluding hydrogens is 1460 g/mol. The Labute approximate surface area is 648 Å². The molecule has 8 amide bonds. The van der Waals surface area contributed by atoms with Crippen LogP contribution < -0.4 is 37.5 Å². The summed E-state index contributed by atoms with van der Waals surface area (Å²) in [6.45, 7) is 9.55. The number of aryl methyl sites for hydroxylation is 1. The molecule has 32 nitrogen and oxygen atoms in total. The number of aromatic nitrogens is 2. The molecule has 10 rings (SSSR count). The van der Waals surface area contributed by atoms with Crippen molar-refractivity contribution < 1.29 is 110 Å². The maximum atomic E-state index is 15.6. The van der Waals surface area contributed by atoms with E-state index in [1.807, 2.05) is 0 Å². The minimum Gasteiger partial charge on any atom is -0.458 e. The van der Waals surface area contributed by atoms with E-state index < -0.39 is 84.3 Å². The van der Waals surface area contributed by atoms with Crippen molar-refractivity contribution in [1.29, 1.82) is 0 Å². The molecule has 2 aromatic carbocycles. The molecule has 5 atom stereocenters. The van der Waals surface area contributed by atoms with Crippen LogP contribution in [0.15, 0.2) is 47.3 Å². The third-order valence-electron chi connectivity index (χ3n) is 21.0. The number of rotatable bonds is 50. The van der Waals surface area contributed by atoms with Gasteiger partial charge in [0.25, 0.3) is 5.56 Å². The standard InChI is InChI=1S/C79H106FN9O23/c1-4-79(101)59-39-63-72-57(45-88(63)77(99)58(59)46-111-78(79)100)70-55(16-17-56-50(3)60(80)40-61(87-72)71(56)70)38-64(90)73(53-14-15-53)112-48-85-66(92)42-84-75(97)62(37-51-8-6-5-7-9-51)86-67(93)43-82-65(91)41-83-68(94)47-110-35-34-109-33-32-108-31-30-107-29-28-106-27-26-105-25-24-104-23-22-103-21-20-102-19-18-81-74(96)54-12-10-52(11-13-54)44-89-69(95)36-49(2)76(89)98/h5-9,39-40,49,52-55,62,73,101H,4,10-38,41-48H2,1-3H3,(H,81,96)(H,82,91)(H,83,94)(H,84,97)(H,85,92)(H,86,93)/t49?,52?,54?,55-,62+,73+,79+/m1/s1. The number of pyridine rings is 2. The summed E-state index contributed by atoms with van der Waals surface area (Å²) < 4.78 is 78.0. The number of ether oxygens (including phenoxy) is 11. The van der Waals surface area contributed by atoms with E-state index in [9.17, 15) is 57.8 Å². The van der Waals surface area contributed by atoms with Gasteiger partial charge in [0.2, 0.25) is 47.3 Å². The molecule has 7 N–H and O–H groups in total. The van der Waals surface area contributed by atoms with Crippen LogP contribution in [0.5, 0.6) is 0 Å². The number of ketones is 1. The molecule has 2 saturated carbocycles. The zero-order valence-electron chi connectivity index (χ0n) is 64.1. The lowest BCUT2D eigenvalue weighted by atomic mass is 9.76. The zero-order chi connectivity index (χ0) is 79.5. The topological polar surface area (TPSA) is 403 Å². The van der Waals surface area contributed by atoms with Gasteiger partial charge in [-0.25, -0.2) is 14.2 Å². The fraction of sp³-hybridized carbons (Fsp3) is 0.620. The van der Waals surface area contributed by atoms with Gasteiger partial charge in [-0.2, -0.15) is 0 Å². The van der Waals surface area contributed by atoms with E-state index >= 15 is 4.39 Å². The predicted octanol–water partition coefficient (Wildman–Crippen LogP) is 1.93. The van der Waals surface area contributed by atoms with Crippen LogP contribution in [-0.4, -0.2) is 249 Å². The predicted molar refractivity (Wildman–Crippen MR) is 398 cm³/mol. The van der Waals surface area contributed by atoms with E-state index in [1.54, 1.807) is 57.2 Å². The van der Waals surface area contributed by atoms with Gasteiger partial charge in [0.1, 0.15) is 37.9 Å². The molecule has 112 heavy (non-hydrogen) atoms. The summed E-state index contributed by atoms with van der Waals surface area (Å²) in [6.07, 6.45) is 4.94. The first kappa shape index (κ1) is 85.8. The summed E-state index contributed by atoms with van der Waals surface area (Å²) in [5.41, 5.74) is 2.31. The van der Waals surface area contributed by atoms with Gasteiger partial charge in [-0.1, -0.05) is 44.2 Å². The number of cyclic esters (lactones) is 1. The van der Waals surface area contributed by atoms with E-state index in [2.05, 4.69) is 31.9 Å². The van der Waals surface area contributed by atoms with Crippen molar-refractivity contribution in [1.82, 2.24) is 46.4 Å². The zero-order valence-corrected chi connectivity index (χ0v) is 64.1. The van der Waals surface area contributed by atoms with Gasteiger partial charge < -0.3 is 93.7 Å². The van der Waals surface area contributed by atoms with Crippen LogP contribution in [0.4, 0.5) is 4.39 Å². The monoisotopic (exact) mass is 1570 g/mol. The molecule has 3 aliphatic carbocycles. The summed E-state index contributed by atoms with van der Waals surface area (Å²) in [5.74, 6) is -5.54. The number of halogens is 1. The van der Waals surface area contributed by atoms with Crippen LogP contribution in [-0.2, 0) is 132 Å². The summed E-state index contributed by atoms with van der Waals surface area (Å²) in [4.78, 5) is 150. The van der Waals surface area contributed by atoms with Crippen molar-refractivity contribution in [3.05, 3.63) is 97.6 Å². The fourth-order valence-electron chi connectivity index (χ4n) is 14.7. The van der Waals surface area contributed by atoms with Crippen LogP contribution in [0.1, 0.15) is 123 Å². The number of amides is 8. The number of carbonyl (C=O) groups excluding carboxylic acids is 10. The lowest BCUT2D eigenvalue weighted by Gasteiger charge is -2.31. The van der Waals surface area contributed by atoms with Crippen LogP contribution in [0.25, 0.3) is 22.3 Å². The Morgan fingerprint density at radius 3 is 1.85 bits per heavy atom. The summed E-state index contributed by atoms with van der Waals surface area (Å²) in [6, 6.07) is 10.6. The number of carbonyl (C=O) groups is 10. The van der Waals surface area contributed by atoms with Gasteiger partial charge in [0, 0.05) is 66.8 Å². The second kappa shape index (κ2) is 43.0. The van der Waals surface area contributed by atoms with Crippen LogP contribution in [0.2, 0.25) is 0 Å². The van der Waals surface area contributed by atoms with Gasteiger partial charge >= 0.3 is 5.97 Å². The van der Waals surface area contributed by atoms with Gasteiger partial charge in [-0.3, -0.25) is 52.8 Å². The maximum Gasteiger partial charge on any atom is 0.343 e. The van der Waals surface area contributed by atoms with E-state index in [1.165, 1.54) is 15.5 Å². The number of imide groups is 1. The number of fused-ring (bicyclic) bond motifs is 5. The number of likely N-dealkylation sites (tertiary alicyclic amines) is 1. The Morgan fingerprint density at radius 1 is 0.670 bits per heavy atom. The first-order valence-electron chi connectivity index (χ1n) is 38.9. The molecular formula is C79H106FN9O23. The average molecular weight is 1570 g/mol. The Morgan fingerprint density at radius 2 is 1.25 bits per heavy atom. The molecule has 0 bridgehead atoms. The molecule has 1 saturated heterocycles. The summed E-state index contributed by atoms with van der Waals surface area (Å²) in [7, 11) is 0. The number of nitrogens with one attached hydrogen (secondary N) is 6. The minimum absolute atomic E-state index is 0.0174. The Bertz CT molecular complexity index is 4000. The van der Waals surface area contributed by atoms with Crippen molar-refractivity contribution in [3.8, 4) is 11.4 Å². The van der Waals surface area contributed by atoms with Crippen LogP contribution in [0, 0.1) is 36.4 Å². The highest BCUT2D eigenvalue weighted by Gasteiger charge is 2.47. The Kier molecular flexibility index (Phi) is 33.0. The fourth-order valence-corrected chi connectivity index (χ4v) is 14.7. The summed E-state index contributed by atoms with van der Waals surface area (Å²) >= 11 is 0. The van der Waals surface area contributed by atoms with Gasteiger partial charge in [0.05, 0.1) is 161 Å². The Hall–Kier alpha value is -8.61. The number of hydrogen-bond donors (Lipinski definition) is 7. The van der Waals surface area contributed by atoms with Crippen LogP contribution in [0.3, 0.4) is 0 Å². The molecule has 612 valence electrons.